The first-order valence-electron chi connectivity index (χ1n) is 6.86. The molecule has 0 amide bonds. The van der Waals surface area contributed by atoms with Crippen LogP contribution in [0, 0.1) is 5.92 Å². The van der Waals surface area contributed by atoms with Gasteiger partial charge in [0.15, 0.2) is 0 Å². The number of benzene rings is 1. The number of likely N-dealkylation sites (tertiary alicyclic amines) is 1. The van der Waals surface area contributed by atoms with Crippen molar-refractivity contribution in [1.29, 1.82) is 0 Å². The highest BCUT2D eigenvalue weighted by atomic mass is 35.5. The molecule has 1 aliphatic rings. The molecule has 0 aliphatic carbocycles. The van der Waals surface area contributed by atoms with Crippen LogP contribution >= 0.6 is 11.6 Å². The third-order valence-corrected chi connectivity index (χ3v) is 3.90. The van der Waals surface area contributed by atoms with Gasteiger partial charge in [-0.15, -0.1) is 0 Å². The third kappa shape index (κ3) is 4.47. The molecular weight excluding hydrogens is 276 g/mol. The smallest absolute Gasteiger partial charge is 0.305 e. The Kier molecular flexibility index (Phi) is 5.40. The maximum absolute atomic E-state index is 11.4. The largest absolute Gasteiger partial charge is 0.469 e. The fraction of sp³-hybridized carbons (Fsp3) is 0.533. The summed E-state index contributed by atoms with van der Waals surface area (Å²) in [5.74, 6) is 0.119. The van der Waals surface area contributed by atoms with Crippen molar-refractivity contribution in [2.24, 2.45) is 11.7 Å². The fourth-order valence-corrected chi connectivity index (χ4v) is 2.92. The van der Waals surface area contributed by atoms with Crippen molar-refractivity contribution in [3.8, 4) is 0 Å². The van der Waals surface area contributed by atoms with E-state index in [9.17, 15) is 4.79 Å². The Morgan fingerprint density at radius 2 is 2.10 bits per heavy atom. The van der Waals surface area contributed by atoms with Crippen molar-refractivity contribution in [3.05, 3.63) is 34.9 Å². The lowest BCUT2D eigenvalue weighted by atomic mass is 9.91. The molecule has 0 radical (unpaired) electrons. The van der Waals surface area contributed by atoms with Crippen LogP contribution in [-0.4, -0.2) is 37.1 Å². The molecular formula is C15H21ClN2O2. The Hall–Kier alpha value is -1.10. The molecule has 0 aromatic heterocycles. The molecule has 1 aromatic rings. The van der Waals surface area contributed by atoms with Crippen molar-refractivity contribution in [1.82, 2.24) is 4.90 Å². The first kappa shape index (κ1) is 15.3. The number of methoxy groups -OCH3 is 1. The first-order valence-corrected chi connectivity index (χ1v) is 7.24. The van der Waals surface area contributed by atoms with Crippen LogP contribution in [0.15, 0.2) is 24.3 Å². The summed E-state index contributed by atoms with van der Waals surface area (Å²) in [7, 11) is 1.43. The molecule has 20 heavy (non-hydrogen) atoms. The molecule has 5 heteroatoms. The van der Waals surface area contributed by atoms with E-state index >= 15 is 0 Å². The zero-order valence-corrected chi connectivity index (χ0v) is 12.5. The summed E-state index contributed by atoms with van der Waals surface area (Å²) in [6.45, 7) is 2.58. The highest BCUT2D eigenvalue weighted by molar-refractivity contribution is 6.30. The van der Waals surface area contributed by atoms with Crippen LogP contribution < -0.4 is 5.73 Å². The molecule has 1 aromatic carbocycles. The van der Waals surface area contributed by atoms with Crippen LogP contribution in [0.3, 0.4) is 0 Å². The Morgan fingerprint density at radius 3 is 2.75 bits per heavy atom. The normalized spacial score (nSPS) is 23.6. The van der Waals surface area contributed by atoms with E-state index in [0.717, 1.165) is 31.1 Å². The van der Waals surface area contributed by atoms with Gasteiger partial charge in [0.2, 0.25) is 0 Å². The monoisotopic (exact) mass is 296 g/mol. The van der Waals surface area contributed by atoms with Crippen LogP contribution in [0.25, 0.3) is 0 Å². The Bertz CT molecular complexity index is 450. The molecule has 1 aliphatic heterocycles. The number of nitrogens with zero attached hydrogens (tertiary/aromatic N) is 1. The van der Waals surface area contributed by atoms with E-state index in [1.807, 2.05) is 24.3 Å². The van der Waals surface area contributed by atoms with Gasteiger partial charge in [-0.05, 0) is 30.0 Å². The lowest BCUT2D eigenvalue weighted by Gasteiger charge is -2.36. The van der Waals surface area contributed by atoms with E-state index in [1.54, 1.807) is 0 Å². The topological polar surface area (TPSA) is 55.6 Å². The lowest BCUT2D eigenvalue weighted by Crippen LogP contribution is -2.47. The molecule has 0 spiro atoms. The number of rotatable bonds is 4. The van der Waals surface area contributed by atoms with E-state index in [1.165, 1.54) is 12.7 Å². The zero-order chi connectivity index (χ0) is 14.5. The number of hydrogen-bond acceptors (Lipinski definition) is 4. The van der Waals surface area contributed by atoms with Crippen molar-refractivity contribution >= 4 is 17.6 Å². The van der Waals surface area contributed by atoms with Crippen molar-refractivity contribution in [2.45, 2.75) is 25.4 Å². The number of piperidine rings is 1. The van der Waals surface area contributed by atoms with Gasteiger partial charge in [0.05, 0.1) is 7.11 Å². The van der Waals surface area contributed by atoms with Crippen LogP contribution in [-0.2, 0) is 16.1 Å². The number of carbonyl (C=O) groups is 1. The SMILES string of the molecule is COC(=O)CC1CC(N)CN(Cc2ccc(Cl)cc2)C1. The van der Waals surface area contributed by atoms with Crippen LogP contribution in [0.1, 0.15) is 18.4 Å². The van der Waals surface area contributed by atoms with Crippen molar-refractivity contribution < 1.29 is 9.53 Å². The van der Waals surface area contributed by atoms with Gasteiger partial charge in [0.1, 0.15) is 0 Å². The number of carbonyl (C=O) groups excluding carboxylic acids is 1. The van der Waals surface area contributed by atoms with Crippen LogP contribution in [0.5, 0.6) is 0 Å². The van der Waals surface area contributed by atoms with Gasteiger partial charge in [-0.3, -0.25) is 9.69 Å². The van der Waals surface area contributed by atoms with E-state index in [4.69, 9.17) is 22.1 Å². The third-order valence-electron chi connectivity index (χ3n) is 3.65. The summed E-state index contributed by atoms with van der Waals surface area (Å²) in [6, 6.07) is 7.96. The summed E-state index contributed by atoms with van der Waals surface area (Å²) in [5, 5.41) is 0.743. The fourth-order valence-electron chi connectivity index (χ4n) is 2.79. The Morgan fingerprint density at radius 1 is 1.40 bits per heavy atom. The summed E-state index contributed by atoms with van der Waals surface area (Å²) in [4.78, 5) is 13.7. The summed E-state index contributed by atoms with van der Waals surface area (Å²) in [5.41, 5.74) is 7.30. The minimum atomic E-state index is -0.157. The van der Waals surface area contributed by atoms with E-state index in [2.05, 4.69) is 4.90 Å². The van der Waals surface area contributed by atoms with Crippen molar-refractivity contribution in [3.63, 3.8) is 0 Å². The molecule has 0 saturated carbocycles. The molecule has 1 saturated heterocycles. The average molecular weight is 297 g/mol. The summed E-state index contributed by atoms with van der Waals surface area (Å²) in [6.07, 6.45) is 1.33. The molecule has 110 valence electrons. The number of esters is 1. The molecule has 0 bridgehead atoms. The minimum Gasteiger partial charge on any atom is -0.469 e. The van der Waals surface area contributed by atoms with Crippen LogP contribution in [0.4, 0.5) is 0 Å². The first-order chi connectivity index (χ1) is 9.56. The van der Waals surface area contributed by atoms with E-state index < -0.39 is 0 Å². The Balaban J connectivity index is 1.93. The number of hydrogen-bond donors (Lipinski definition) is 1. The zero-order valence-electron chi connectivity index (χ0n) is 11.7. The highest BCUT2D eigenvalue weighted by Gasteiger charge is 2.26. The molecule has 1 heterocycles. The molecule has 1 fully saturated rings. The second kappa shape index (κ2) is 7.07. The number of ether oxygens (including phenoxy) is 1. The number of halogens is 1. The second-order valence-electron chi connectivity index (χ2n) is 5.46. The van der Waals surface area contributed by atoms with E-state index in [0.29, 0.717) is 6.42 Å². The van der Waals surface area contributed by atoms with Crippen LogP contribution in [0.2, 0.25) is 5.02 Å². The van der Waals surface area contributed by atoms with E-state index in [-0.39, 0.29) is 17.9 Å². The second-order valence-corrected chi connectivity index (χ2v) is 5.90. The maximum Gasteiger partial charge on any atom is 0.305 e. The summed E-state index contributed by atoms with van der Waals surface area (Å²) < 4.78 is 4.74. The Labute approximate surface area is 124 Å². The quantitative estimate of drug-likeness (QED) is 0.864. The predicted molar refractivity (Wildman–Crippen MR) is 79.4 cm³/mol. The average Bonchev–Trinajstić information content (AvgIpc) is 2.40. The lowest BCUT2D eigenvalue weighted by molar-refractivity contribution is -0.142. The maximum atomic E-state index is 11.4. The molecule has 2 N–H and O–H groups in total. The van der Waals surface area contributed by atoms with Gasteiger partial charge in [-0.25, -0.2) is 0 Å². The summed E-state index contributed by atoms with van der Waals surface area (Å²) >= 11 is 5.89. The van der Waals surface area contributed by atoms with Gasteiger partial charge in [-0.1, -0.05) is 23.7 Å². The van der Waals surface area contributed by atoms with Gasteiger partial charge in [0, 0.05) is 37.1 Å². The molecule has 2 atom stereocenters. The highest BCUT2D eigenvalue weighted by Crippen LogP contribution is 2.21. The van der Waals surface area contributed by atoms with Gasteiger partial charge < -0.3 is 10.5 Å². The molecule has 4 nitrogen and oxygen atoms in total. The van der Waals surface area contributed by atoms with Gasteiger partial charge in [-0.2, -0.15) is 0 Å². The predicted octanol–water partition coefficient (Wildman–Crippen LogP) is 2.05. The van der Waals surface area contributed by atoms with Crippen molar-refractivity contribution in [2.75, 3.05) is 20.2 Å². The van der Waals surface area contributed by atoms with Gasteiger partial charge in [0.25, 0.3) is 0 Å². The standard InChI is InChI=1S/C15H21ClN2O2/c1-20-15(19)7-12-6-14(17)10-18(9-12)8-11-2-4-13(16)5-3-11/h2-5,12,14H,6-10,17H2,1H3. The number of nitrogens with two attached hydrogens (primary N) is 1. The minimum absolute atomic E-state index is 0.116. The molecule has 2 unspecified atom stereocenters. The van der Waals surface area contributed by atoms with Gasteiger partial charge >= 0.3 is 5.97 Å². The molecule has 2 rings (SSSR count).